The van der Waals surface area contributed by atoms with Crippen molar-refractivity contribution in [1.29, 1.82) is 0 Å². The maximum Gasteiger partial charge on any atom is 0.188 e. The summed E-state index contributed by atoms with van der Waals surface area (Å²) in [5, 5.41) is 14.2. The maximum atomic E-state index is 13.0. The van der Waals surface area contributed by atoms with E-state index in [1.165, 1.54) is 70.3 Å². The molecular formula is C38H48N2O4. The van der Waals surface area contributed by atoms with Crippen molar-refractivity contribution in [2.45, 2.75) is 90.9 Å². The fraction of sp³-hybridized carbons (Fsp3) is 0.421. The Morgan fingerprint density at radius 2 is 1.18 bits per heavy atom. The van der Waals surface area contributed by atoms with Crippen molar-refractivity contribution in [3.63, 3.8) is 0 Å². The van der Waals surface area contributed by atoms with Gasteiger partial charge in [-0.1, -0.05) is 78.1 Å². The summed E-state index contributed by atoms with van der Waals surface area (Å²) < 4.78 is 11.8. The topological polar surface area (TPSA) is 80.2 Å². The number of phenolic OH excluding ortho intramolecular Hbond substituents is 1. The molecule has 0 radical (unpaired) electrons. The number of nitrogens with zero attached hydrogens (tertiary/aromatic N) is 1. The number of aromatic hydroxyl groups is 1. The smallest absolute Gasteiger partial charge is 0.188 e. The predicted molar refractivity (Wildman–Crippen MR) is 182 cm³/mol. The predicted octanol–water partition coefficient (Wildman–Crippen LogP) is 10.5. The quantitative estimate of drug-likeness (QED) is 0.106. The van der Waals surface area contributed by atoms with E-state index in [1.807, 2.05) is 48.5 Å². The van der Waals surface area contributed by atoms with Gasteiger partial charge in [0.15, 0.2) is 5.78 Å². The van der Waals surface area contributed by atoms with E-state index < -0.39 is 0 Å². The van der Waals surface area contributed by atoms with Crippen molar-refractivity contribution in [2.75, 3.05) is 18.5 Å². The molecule has 0 aromatic heterocycles. The lowest BCUT2D eigenvalue weighted by atomic mass is 9.91. The Balaban J connectivity index is 1.37. The van der Waals surface area contributed by atoms with E-state index in [9.17, 15) is 9.90 Å². The van der Waals surface area contributed by atoms with Crippen LogP contribution in [-0.4, -0.2) is 29.8 Å². The van der Waals surface area contributed by atoms with E-state index in [1.54, 1.807) is 18.2 Å². The van der Waals surface area contributed by atoms with Crippen LogP contribution >= 0.6 is 0 Å². The molecule has 0 bridgehead atoms. The molecule has 0 saturated heterocycles. The Morgan fingerprint density at radius 1 is 0.636 bits per heavy atom. The fourth-order valence-electron chi connectivity index (χ4n) is 5.32. The highest BCUT2D eigenvalue weighted by molar-refractivity contribution is 6.27. The summed E-state index contributed by atoms with van der Waals surface area (Å²) in [6.07, 6.45) is 17.9. The number of hydrogen-bond donors (Lipinski definition) is 2. The molecule has 0 amide bonds. The minimum atomic E-state index is -0.185. The number of carbonyl (C=O) groups is 1. The molecule has 1 aliphatic carbocycles. The molecule has 0 spiro atoms. The van der Waals surface area contributed by atoms with Crippen LogP contribution in [-0.2, 0) is 0 Å². The molecule has 234 valence electrons. The highest BCUT2D eigenvalue weighted by Crippen LogP contribution is 2.35. The average molecular weight is 597 g/mol. The van der Waals surface area contributed by atoms with E-state index in [-0.39, 0.29) is 11.5 Å². The SMILES string of the molecule is CCCCCCCCOc1ccc(N=C2C=CC(=O)c3c(Nc4ccc(OCCCCCCCC)cc4)ccc(O)c32)cc1. The molecule has 3 aromatic carbocycles. The van der Waals surface area contributed by atoms with Crippen LogP contribution in [0.3, 0.4) is 0 Å². The first kappa shape index (κ1) is 32.8. The third-order valence-electron chi connectivity index (χ3n) is 7.83. The van der Waals surface area contributed by atoms with E-state index in [4.69, 9.17) is 14.5 Å². The summed E-state index contributed by atoms with van der Waals surface area (Å²) in [6, 6.07) is 18.7. The Morgan fingerprint density at radius 3 is 1.77 bits per heavy atom. The van der Waals surface area contributed by atoms with Gasteiger partial charge in [0.05, 0.1) is 41.4 Å². The van der Waals surface area contributed by atoms with Crippen LogP contribution in [0.1, 0.15) is 107 Å². The largest absolute Gasteiger partial charge is 0.507 e. The zero-order valence-corrected chi connectivity index (χ0v) is 26.4. The summed E-state index contributed by atoms with van der Waals surface area (Å²) in [6.45, 7) is 5.87. The van der Waals surface area contributed by atoms with Crippen molar-refractivity contribution < 1.29 is 19.4 Å². The first-order chi connectivity index (χ1) is 21.6. The summed E-state index contributed by atoms with van der Waals surface area (Å²) >= 11 is 0. The zero-order valence-electron chi connectivity index (χ0n) is 26.4. The van der Waals surface area contributed by atoms with Crippen molar-refractivity contribution >= 4 is 28.6 Å². The Hall–Kier alpha value is -4.06. The number of rotatable bonds is 19. The monoisotopic (exact) mass is 596 g/mol. The standard InChI is InChI=1S/C38H48N2O4/c1-3-5-7-9-11-13-27-43-31-19-15-29(16-20-31)39-33-23-25-36(42)38-34(24-26-35(41)37(33)38)40-30-17-21-32(22-18-30)44-28-14-12-10-8-6-4-2/h15-26,39,42H,3-14,27-28H2,1-2H3. The first-order valence-corrected chi connectivity index (χ1v) is 16.5. The van der Waals surface area contributed by atoms with Crippen LogP contribution < -0.4 is 14.8 Å². The number of carbonyl (C=O) groups excluding carboxylic acids is 1. The van der Waals surface area contributed by atoms with Crippen molar-refractivity contribution in [3.8, 4) is 17.2 Å². The maximum absolute atomic E-state index is 13.0. The fourth-order valence-corrected chi connectivity index (χ4v) is 5.32. The second-order valence-corrected chi connectivity index (χ2v) is 11.5. The van der Waals surface area contributed by atoms with Crippen LogP contribution in [0.2, 0.25) is 0 Å². The van der Waals surface area contributed by atoms with Gasteiger partial charge in [0.2, 0.25) is 0 Å². The molecule has 3 aromatic rings. The van der Waals surface area contributed by atoms with Gasteiger partial charge in [0, 0.05) is 5.69 Å². The van der Waals surface area contributed by atoms with Crippen LogP contribution in [0.25, 0.3) is 0 Å². The number of ketones is 1. The second kappa shape index (κ2) is 17.9. The van der Waals surface area contributed by atoms with Gasteiger partial charge in [-0.05, 0) is 85.7 Å². The molecule has 0 aliphatic heterocycles. The van der Waals surface area contributed by atoms with E-state index >= 15 is 0 Å². The van der Waals surface area contributed by atoms with Gasteiger partial charge in [-0.25, -0.2) is 4.99 Å². The molecule has 0 saturated carbocycles. The van der Waals surface area contributed by atoms with E-state index in [0.29, 0.717) is 41.4 Å². The Labute approximate surface area is 263 Å². The number of benzene rings is 3. The highest BCUT2D eigenvalue weighted by atomic mass is 16.5. The van der Waals surface area contributed by atoms with E-state index in [0.717, 1.165) is 30.0 Å². The van der Waals surface area contributed by atoms with Crippen molar-refractivity contribution in [2.24, 2.45) is 4.99 Å². The summed E-state index contributed by atoms with van der Waals surface area (Å²) in [7, 11) is 0. The van der Waals surface area contributed by atoms with Gasteiger partial charge < -0.3 is 19.9 Å². The minimum absolute atomic E-state index is 0.0133. The molecule has 0 heterocycles. The van der Waals surface area contributed by atoms with Gasteiger partial charge in [-0.15, -0.1) is 0 Å². The highest BCUT2D eigenvalue weighted by Gasteiger charge is 2.25. The minimum Gasteiger partial charge on any atom is -0.507 e. The number of fused-ring (bicyclic) bond motifs is 1. The number of anilines is 2. The number of phenols is 1. The summed E-state index contributed by atoms with van der Waals surface area (Å²) in [4.78, 5) is 17.8. The van der Waals surface area contributed by atoms with Crippen LogP contribution in [0.15, 0.2) is 77.8 Å². The molecule has 0 fully saturated rings. The van der Waals surface area contributed by atoms with Crippen molar-refractivity contribution in [1.82, 2.24) is 0 Å². The van der Waals surface area contributed by atoms with Gasteiger partial charge in [0.25, 0.3) is 0 Å². The third kappa shape index (κ3) is 10.0. The average Bonchev–Trinajstić information content (AvgIpc) is 3.04. The second-order valence-electron chi connectivity index (χ2n) is 11.5. The lowest BCUT2D eigenvalue weighted by Crippen LogP contribution is -2.15. The number of hydrogen-bond acceptors (Lipinski definition) is 6. The van der Waals surface area contributed by atoms with Crippen LogP contribution in [0.5, 0.6) is 17.2 Å². The van der Waals surface area contributed by atoms with Crippen LogP contribution in [0, 0.1) is 0 Å². The molecule has 6 nitrogen and oxygen atoms in total. The zero-order chi connectivity index (χ0) is 31.0. The Bertz CT molecular complexity index is 1380. The molecule has 0 atom stereocenters. The van der Waals surface area contributed by atoms with Crippen LogP contribution in [0.4, 0.5) is 17.1 Å². The Kier molecular flexibility index (Phi) is 13.4. The van der Waals surface area contributed by atoms with Gasteiger partial charge in [-0.2, -0.15) is 0 Å². The number of ether oxygens (including phenoxy) is 2. The molecule has 44 heavy (non-hydrogen) atoms. The van der Waals surface area contributed by atoms with Gasteiger partial charge >= 0.3 is 0 Å². The normalized spacial score (nSPS) is 13.2. The molecule has 4 rings (SSSR count). The number of allylic oxidation sites excluding steroid dienone is 2. The number of nitrogens with one attached hydrogen (secondary N) is 1. The first-order valence-electron chi connectivity index (χ1n) is 16.5. The van der Waals surface area contributed by atoms with Gasteiger partial charge in [-0.3, -0.25) is 4.79 Å². The van der Waals surface area contributed by atoms with E-state index in [2.05, 4.69) is 19.2 Å². The lowest BCUT2D eigenvalue weighted by Gasteiger charge is -2.19. The molecule has 0 unspecified atom stereocenters. The van der Waals surface area contributed by atoms with Crippen molar-refractivity contribution in [3.05, 3.63) is 83.9 Å². The van der Waals surface area contributed by atoms with Gasteiger partial charge in [0.1, 0.15) is 17.2 Å². The lowest BCUT2D eigenvalue weighted by molar-refractivity contribution is 0.104. The molecule has 2 N–H and O–H groups in total. The molecule has 1 aliphatic rings. The molecular weight excluding hydrogens is 548 g/mol. The summed E-state index contributed by atoms with van der Waals surface area (Å²) in [5.74, 6) is 1.46. The third-order valence-corrected chi connectivity index (χ3v) is 7.83. The summed E-state index contributed by atoms with van der Waals surface area (Å²) in [5.41, 5.74) is 3.49. The molecule has 6 heteroatoms. The number of unbranched alkanes of at least 4 members (excludes halogenated alkanes) is 10. The number of aliphatic imine (C=N–C) groups is 1.